The van der Waals surface area contributed by atoms with E-state index in [2.05, 4.69) is 35.5 Å². The number of benzene rings is 1. The molecule has 0 aliphatic carbocycles. The van der Waals surface area contributed by atoms with Crippen LogP contribution in [-0.4, -0.2) is 17.7 Å². The first-order chi connectivity index (χ1) is 9.29. The molecule has 0 spiro atoms. The molecule has 0 amide bonds. The highest BCUT2D eigenvalue weighted by molar-refractivity contribution is 5.79. The van der Waals surface area contributed by atoms with E-state index in [0.29, 0.717) is 5.92 Å². The van der Waals surface area contributed by atoms with E-state index in [1.807, 2.05) is 18.3 Å². The van der Waals surface area contributed by atoms with Crippen LogP contribution >= 0.6 is 0 Å². The molecule has 1 aliphatic rings. The minimum absolute atomic E-state index is 0.0297. The minimum atomic E-state index is 0.0297. The van der Waals surface area contributed by atoms with E-state index in [0.717, 1.165) is 29.5 Å². The largest absolute Gasteiger partial charge is 0.376 e. The van der Waals surface area contributed by atoms with Crippen molar-refractivity contribution in [2.45, 2.75) is 25.5 Å². The third kappa shape index (κ3) is 2.34. The first kappa shape index (κ1) is 12.5. The normalized spacial score (nSPS) is 24.7. The molecule has 3 N–H and O–H groups in total. The van der Waals surface area contributed by atoms with Crippen LogP contribution in [0.2, 0.25) is 0 Å². The van der Waals surface area contributed by atoms with Crippen molar-refractivity contribution in [3.63, 3.8) is 0 Å². The van der Waals surface area contributed by atoms with E-state index >= 15 is 0 Å². The third-order valence-electron chi connectivity index (χ3n) is 3.94. The zero-order chi connectivity index (χ0) is 13.2. The third-order valence-corrected chi connectivity index (χ3v) is 3.94. The highest BCUT2D eigenvalue weighted by atomic mass is 16.5. The van der Waals surface area contributed by atoms with E-state index in [4.69, 9.17) is 10.6 Å². The van der Waals surface area contributed by atoms with Crippen LogP contribution in [0.1, 0.15) is 24.9 Å². The molecule has 3 rings (SSSR count). The smallest absolute Gasteiger partial charge is 0.0808 e. The molecule has 1 aromatic carbocycles. The summed E-state index contributed by atoms with van der Waals surface area (Å²) < 4.78 is 5.83. The number of hydrogen-bond donors (Lipinski definition) is 2. The number of fused-ring (bicyclic) bond motifs is 1. The second-order valence-corrected chi connectivity index (χ2v) is 5.20. The lowest BCUT2D eigenvalue weighted by atomic mass is 9.92. The van der Waals surface area contributed by atoms with Gasteiger partial charge in [-0.3, -0.25) is 16.3 Å². The number of nitrogens with one attached hydrogen (secondary N) is 1. The average Bonchev–Trinajstić information content (AvgIpc) is 2.86. The van der Waals surface area contributed by atoms with Gasteiger partial charge in [0.15, 0.2) is 0 Å². The van der Waals surface area contributed by atoms with Gasteiger partial charge in [0.2, 0.25) is 0 Å². The SMILES string of the molecule is CC1CCOC1C(NN)c1ccc2ncccc2c1. The molecule has 19 heavy (non-hydrogen) atoms. The van der Waals surface area contributed by atoms with Gasteiger partial charge in [-0.15, -0.1) is 0 Å². The molecule has 0 bridgehead atoms. The number of nitrogens with zero attached hydrogens (tertiary/aromatic N) is 1. The van der Waals surface area contributed by atoms with Crippen LogP contribution in [0.5, 0.6) is 0 Å². The Labute approximate surface area is 112 Å². The summed E-state index contributed by atoms with van der Waals surface area (Å²) in [7, 11) is 0. The lowest BCUT2D eigenvalue weighted by Gasteiger charge is -2.26. The number of pyridine rings is 1. The fourth-order valence-corrected chi connectivity index (χ4v) is 2.81. The molecule has 1 aromatic heterocycles. The van der Waals surface area contributed by atoms with Gasteiger partial charge in [0.05, 0.1) is 17.7 Å². The lowest BCUT2D eigenvalue weighted by molar-refractivity contribution is 0.0608. The molecule has 2 heterocycles. The van der Waals surface area contributed by atoms with Gasteiger partial charge >= 0.3 is 0 Å². The van der Waals surface area contributed by atoms with E-state index in [-0.39, 0.29) is 12.1 Å². The van der Waals surface area contributed by atoms with Crippen molar-refractivity contribution in [2.75, 3.05) is 6.61 Å². The Morgan fingerprint density at radius 3 is 3.05 bits per heavy atom. The first-order valence-corrected chi connectivity index (χ1v) is 6.72. The summed E-state index contributed by atoms with van der Waals surface area (Å²) in [5.41, 5.74) is 5.07. The van der Waals surface area contributed by atoms with Crippen molar-refractivity contribution in [3.05, 3.63) is 42.1 Å². The van der Waals surface area contributed by atoms with Gasteiger partial charge in [0, 0.05) is 18.2 Å². The van der Waals surface area contributed by atoms with Crippen LogP contribution in [-0.2, 0) is 4.74 Å². The van der Waals surface area contributed by atoms with Gasteiger partial charge < -0.3 is 4.74 Å². The highest BCUT2D eigenvalue weighted by Crippen LogP contribution is 2.31. The Kier molecular flexibility index (Phi) is 3.46. The van der Waals surface area contributed by atoms with Gasteiger partial charge in [-0.25, -0.2) is 0 Å². The molecule has 3 atom stereocenters. The van der Waals surface area contributed by atoms with Crippen molar-refractivity contribution in [1.29, 1.82) is 0 Å². The maximum atomic E-state index is 5.83. The van der Waals surface area contributed by atoms with Crippen LogP contribution in [0.15, 0.2) is 36.5 Å². The number of aromatic nitrogens is 1. The summed E-state index contributed by atoms with van der Waals surface area (Å²) in [6.07, 6.45) is 3.04. The number of rotatable bonds is 3. The molecule has 1 saturated heterocycles. The molecule has 100 valence electrons. The second-order valence-electron chi connectivity index (χ2n) is 5.20. The molecule has 1 aliphatic heterocycles. The molecule has 0 radical (unpaired) electrons. The van der Waals surface area contributed by atoms with Crippen molar-refractivity contribution in [1.82, 2.24) is 10.4 Å². The molecule has 2 aromatic rings. The number of nitrogens with two attached hydrogens (primary N) is 1. The maximum absolute atomic E-state index is 5.83. The van der Waals surface area contributed by atoms with Crippen LogP contribution in [0, 0.1) is 5.92 Å². The minimum Gasteiger partial charge on any atom is -0.376 e. The standard InChI is InChI=1S/C15H19N3O/c1-10-6-8-19-15(10)14(18-16)12-4-5-13-11(9-12)3-2-7-17-13/h2-5,7,9-10,14-15,18H,6,8,16H2,1H3. The van der Waals surface area contributed by atoms with E-state index in [1.165, 1.54) is 0 Å². The Bertz CT molecular complexity index is 572. The predicted molar refractivity (Wildman–Crippen MR) is 75.3 cm³/mol. The number of hydrogen-bond acceptors (Lipinski definition) is 4. The quantitative estimate of drug-likeness (QED) is 0.653. The molecular weight excluding hydrogens is 238 g/mol. The zero-order valence-corrected chi connectivity index (χ0v) is 11.0. The van der Waals surface area contributed by atoms with Gasteiger partial charge in [-0.1, -0.05) is 19.1 Å². The van der Waals surface area contributed by atoms with Crippen molar-refractivity contribution >= 4 is 10.9 Å². The van der Waals surface area contributed by atoms with Crippen molar-refractivity contribution in [3.8, 4) is 0 Å². The summed E-state index contributed by atoms with van der Waals surface area (Å²) in [5, 5.41) is 1.13. The molecule has 0 saturated carbocycles. The Morgan fingerprint density at radius 2 is 2.32 bits per heavy atom. The first-order valence-electron chi connectivity index (χ1n) is 6.72. The monoisotopic (exact) mass is 257 g/mol. The number of hydrazine groups is 1. The topological polar surface area (TPSA) is 60.2 Å². The van der Waals surface area contributed by atoms with Crippen LogP contribution in [0.3, 0.4) is 0 Å². The second kappa shape index (κ2) is 5.25. The summed E-state index contributed by atoms with van der Waals surface area (Å²) in [6.45, 7) is 3.03. The fourth-order valence-electron chi connectivity index (χ4n) is 2.81. The Balaban J connectivity index is 1.96. The Morgan fingerprint density at radius 1 is 1.42 bits per heavy atom. The molecule has 4 nitrogen and oxygen atoms in total. The lowest BCUT2D eigenvalue weighted by Crippen LogP contribution is -2.38. The average molecular weight is 257 g/mol. The molecule has 4 heteroatoms. The van der Waals surface area contributed by atoms with Gasteiger partial charge in [-0.2, -0.15) is 0 Å². The molecule has 3 unspecified atom stereocenters. The highest BCUT2D eigenvalue weighted by Gasteiger charge is 2.32. The predicted octanol–water partition coefficient (Wildman–Crippen LogP) is 2.16. The van der Waals surface area contributed by atoms with Gasteiger partial charge in [0.1, 0.15) is 0 Å². The summed E-state index contributed by atoms with van der Waals surface area (Å²) in [5.74, 6) is 6.26. The summed E-state index contributed by atoms with van der Waals surface area (Å²) in [6, 6.07) is 10.3. The zero-order valence-electron chi connectivity index (χ0n) is 11.0. The van der Waals surface area contributed by atoms with Crippen LogP contribution < -0.4 is 11.3 Å². The van der Waals surface area contributed by atoms with Gasteiger partial charge in [-0.05, 0) is 36.1 Å². The van der Waals surface area contributed by atoms with E-state index in [9.17, 15) is 0 Å². The molecular formula is C15H19N3O. The van der Waals surface area contributed by atoms with Gasteiger partial charge in [0.25, 0.3) is 0 Å². The maximum Gasteiger partial charge on any atom is 0.0808 e. The Hall–Kier alpha value is -1.49. The van der Waals surface area contributed by atoms with Crippen LogP contribution in [0.4, 0.5) is 0 Å². The molecule has 1 fully saturated rings. The van der Waals surface area contributed by atoms with Crippen LogP contribution in [0.25, 0.3) is 10.9 Å². The fraction of sp³-hybridized carbons (Fsp3) is 0.400. The van der Waals surface area contributed by atoms with Crippen molar-refractivity contribution in [2.24, 2.45) is 11.8 Å². The van der Waals surface area contributed by atoms with E-state index < -0.39 is 0 Å². The summed E-state index contributed by atoms with van der Waals surface area (Å²) >= 11 is 0. The van der Waals surface area contributed by atoms with E-state index in [1.54, 1.807) is 0 Å². The van der Waals surface area contributed by atoms with Crippen molar-refractivity contribution < 1.29 is 4.74 Å². The number of ether oxygens (including phenoxy) is 1. The summed E-state index contributed by atoms with van der Waals surface area (Å²) in [4.78, 5) is 4.34.